The molecule has 0 aromatic rings. The summed E-state index contributed by atoms with van der Waals surface area (Å²) in [6.45, 7) is 0. The number of hydrogen-bond donors (Lipinski definition) is 0. The zero-order chi connectivity index (χ0) is 0. The molecule has 0 unspecified atom stereocenters. The molecule has 0 fully saturated rings. The van der Waals surface area contributed by atoms with E-state index in [0.717, 1.165) is 0 Å². The third-order valence-electron chi connectivity index (χ3n) is 0. The fraction of sp³-hybridized carbons (Fsp3) is 0. The monoisotopic (exact) mass is 247 g/mol. The van der Waals surface area contributed by atoms with Crippen LogP contribution in [0.5, 0.6) is 0 Å². The predicted octanol–water partition coefficient (Wildman–Crippen LogP) is -2.10. The first-order valence-electron chi connectivity index (χ1n) is 0. The fourth-order valence-corrected chi connectivity index (χ4v) is 0. The van der Waals surface area contributed by atoms with Gasteiger partial charge in [0.2, 0.25) is 0 Å². The maximum absolute atomic E-state index is 0. The predicted molar refractivity (Wildman–Crippen MR) is 12.8 cm³/mol. The van der Waals surface area contributed by atoms with Gasteiger partial charge in [-0.2, -0.15) is 0 Å². The molecule has 0 aliphatic heterocycles. The van der Waals surface area contributed by atoms with Crippen LogP contribution >= 0.6 is 0 Å². The van der Waals surface area contributed by atoms with E-state index in [1.807, 2.05) is 0 Å². The molecule has 0 amide bonds. The van der Waals surface area contributed by atoms with Crippen molar-refractivity contribution in [2.24, 2.45) is 0 Å². The van der Waals surface area contributed by atoms with Gasteiger partial charge in [0.05, 0.1) is 0 Å². The van der Waals surface area contributed by atoms with Gasteiger partial charge >= 0.3 is 51.4 Å². The number of rotatable bonds is 0. The Morgan fingerprint density at radius 2 is 0.600 bits per heavy atom. The van der Waals surface area contributed by atoms with Crippen LogP contribution in [0.4, 0.5) is 0 Å². The van der Waals surface area contributed by atoms with E-state index < -0.39 is 0 Å². The second-order valence-corrected chi connectivity index (χ2v) is 0. The summed E-state index contributed by atoms with van der Waals surface area (Å²) in [5.74, 6) is 0. The minimum Gasteiger partial charge on any atom is -0.358 e. The largest absolute Gasteiger partial charge is 1.00 e. The molecule has 2 radical (unpaired) electrons. The van der Waals surface area contributed by atoms with Crippen LogP contribution in [0.3, 0.4) is 0 Å². The van der Waals surface area contributed by atoms with Gasteiger partial charge in [-0.25, -0.2) is 0 Å². The van der Waals surface area contributed by atoms with E-state index in [4.69, 9.17) is 0 Å². The van der Waals surface area contributed by atoms with Crippen LogP contribution < -0.4 is 51.4 Å². The van der Waals surface area contributed by atoms with Gasteiger partial charge in [-0.3, -0.25) is 0 Å². The molecule has 0 atom stereocenters. The molecule has 0 aromatic heterocycles. The molecular formula is C2H6KY2-. The summed E-state index contributed by atoms with van der Waals surface area (Å²) >= 11 is 0. The average molecular weight is 247 g/mol. The first-order chi connectivity index (χ1) is 0. The molecule has 0 aliphatic rings. The molecule has 0 aliphatic carbocycles. The standard InChI is InChI=1S/2CH3.K.2Y/h2*1H3;;;/q2*-1;+1;;. The summed E-state index contributed by atoms with van der Waals surface area (Å²) in [4.78, 5) is 0. The molecular weight excluding hydrogens is 241 g/mol. The molecule has 0 heterocycles. The topological polar surface area (TPSA) is 0 Å². The van der Waals surface area contributed by atoms with Crippen LogP contribution in [0, 0.1) is 14.9 Å². The van der Waals surface area contributed by atoms with Crippen molar-refractivity contribution in [1.29, 1.82) is 0 Å². The van der Waals surface area contributed by atoms with Crippen molar-refractivity contribution >= 4 is 0 Å². The van der Waals surface area contributed by atoms with Crippen molar-refractivity contribution in [3.8, 4) is 0 Å². The Morgan fingerprint density at radius 3 is 0.600 bits per heavy atom. The van der Waals surface area contributed by atoms with Crippen LogP contribution in [-0.4, -0.2) is 0 Å². The van der Waals surface area contributed by atoms with Gasteiger partial charge < -0.3 is 14.9 Å². The Labute approximate surface area is 128 Å². The van der Waals surface area contributed by atoms with E-state index in [1.54, 1.807) is 0 Å². The first-order valence-corrected chi connectivity index (χ1v) is 0. The quantitative estimate of drug-likeness (QED) is 0.340. The van der Waals surface area contributed by atoms with Crippen molar-refractivity contribution in [2.75, 3.05) is 0 Å². The minimum atomic E-state index is 0. The molecule has 0 N–H and O–H groups in total. The maximum Gasteiger partial charge on any atom is 1.00 e. The van der Waals surface area contributed by atoms with Gasteiger partial charge in [0.15, 0.2) is 0 Å². The van der Waals surface area contributed by atoms with Crippen molar-refractivity contribution in [3.63, 3.8) is 0 Å². The Morgan fingerprint density at radius 1 is 0.600 bits per heavy atom. The molecule has 0 saturated heterocycles. The molecule has 0 saturated carbocycles. The van der Waals surface area contributed by atoms with E-state index in [-0.39, 0.29) is 132 Å². The van der Waals surface area contributed by atoms with Crippen molar-refractivity contribution in [2.45, 2.75) is 0 Å². The molecule has 3 heteroatoms. The molecule has 0 nitrogen and oxygen atoms in total. The van der Waals surface area contributed by atoms with Gasteiger partial charge in [-0.15, -0.1) is 0 Å². The van der Waals surface area contributed by atoms with E-state index in [1.165, 1.54) is 0 Å². The summed E-state index contributed by atoms with van der Waals surface area (Å²) in [6, 6.07) is 0. The zero-order valence-electron chi connectivity index (χ0n) is 4.15. The smallest absolute Gasteiger partial charge is 0.358 e. The Hall–Kier alpha value is 3.84. The van der Waals surface area contributed by atoms with Crippen LogP contribution in [0.15, 0.2) is 0 Å². The Balaban J connectivity index is 0. The fourth-order valence-electron chi connectivity index (χ4n) is 0. The second-order valence-electron chi connectivity index (χ2n) is 0. The summed E-state index contributed by atoms with van der Waals surface area (Å²) in [7, 11) is 0. The summed E-state index contributed by atoms with van der Waals surface area (Å²) in [5.41, 5.74) is 0. The van der Waals surface area contributed by atoms with E-state index in [9.17, 15) is 0 Å². The average Bonchev–Trinajstić information content (AvgIpc) is 0. The van der Waals surface area contributed by atoms with E-state index in [0.29, 0.717) is 0 Å². The summed E-state index contributed by atoms with van der Waals surface area (Å²) < 4.78 is 0. The third kappa shape index (κ3) is 18.1. The second kappa shape index (κ2) is 24.9. The Kier molecular flexibility index (Phi) is 183. The van der Waals surface area contributed by atoms with Crippen molar-refractivity contribution in [1.82, 2.24) is 0 Å². The van der Waals surface area contributed by atoms with Gasteiger partial charge in [0, 0.05) is 65.4 Å². The first kappa shape index (κ1) is 36.8. The third-order valence-corrected chi connectivity index (χ3v) is 0. The van der Waals surface area contributed by atoms with E-state index in [2.05, 4.69) is 0 Å². The Bertz CT molecular complexity index is 7.61. The van der Waals surface area contributed by atoms with Gasteiger partial charge in [0.1, 0.15) is 0 Å². The molecule has 0 spiro atoms. The zero-order valence-corrected chi connectivity index (χ0v) is 13.0. The summed E-state index contributed by atoms with van der Waals surface area (Å²) in [5, 5.41) is 0. The van der Waals surface area contributed by atoms with Crippen LogP contribution in [0.1, 0.15) is 0 Å². The van der Waals surface area contributed by atoms with Gasteiger partial charge in [-0.1, -0.05) is 0 Å². The van der Waals surface area contributed by atoms with E-state index >= 15 is 0 Å². The molecule has 0 aromatic carbocycles. The maximum atomic E-state index is 0. The van der Waals surface area contributed by atoms with Crippen LogP contribution in [0.25, 0.3) is 0 Å². The summed E-state index contributed by atoms with van der Waals surface area (Å²) in [6.07, 6.45) is 0. The van der Waals surface area contributed by atoms with Crippen LogP contribution in [-0.2, 0) is 65.4 Å². The number of hydrogen-bond acceptors (Lipinski definition) is 0. The normalized spacial score (nSPS) is 0. The van der Waals surface area contributed by atoms with Crippen molar-refractivity contribution in [3.05, 3.63) is 14.9 Å². The van der Waals surface area contributed by atoms with Crippen LogP contribution in [0.2, 0.25) is 0 Å². The van der Waals surface area contributed by atoms with Crippen molar-refractivity contribution < 1.29 is 117 Å². The molecule has 5 heavy (non-hydrogen) atoms. The van der Waals surface area contributed by atoms with Gasteiger partial charge in [-0.05, 0) is 0 Å². The SMILES string of the molecule is [CH3-].[CH3-].[K+].[Y].[Y]. The molecule has 0 rings (SSSR count). The minimum absolute atomic E-state index is 0. The molecule has 22 valence electrons. The molecule has 0 bridgehead atoms. The van der Waals surface area contributed by atoms with Gasteiger partial charge in [0.25, 0.3) is 0 Å².